The van der Waals surface area contributed by atoms with E-state index in [0.717, 1.165) is 31.7 Å². The van der Waals surface area contributed by atoms with Gasteiger partial charge in [0.05, 0.1) is 11.2 Å². The Kier molecular flexibility index (Phi) is 4.75. The first kappa shape index (κ1) is 14.3. The average molecular weight is 278 g/mol. The van der Waals surface area contributed by atoms with E-state index in [1.807, 2.05) is 6.07 Å². The molecule has 1 aliphatic rings. The third-order valence-electron chi connectivity index (χ3n) is 3.49. The van der Waals surface area contributed by atoms with E-state index in [1.165, 1.54) is 11.1 Å². The molecule has 1 aromatic carbocycles. The summed E-state index contributed by atoms with van der Waals surface area (Å²) in [6, 6.07) is 13.2. The first-order valence-electron chi connectivity index (χ1n) is 6.62. The molecule has 102 valence electrons. The van der Waals surface area contributed by atoms with E-state index in [0.29, 0.717) is 6.04 Å². The Balaban J connectivity index is 0.00000133. The molecule has 3 nitrogen and oxygen atoms in total. The Morgan fingerprint density at radius 2 is 2.11 bits per heavy atom. The van der Waals surface area contributed by atoms with Crippen LogP contribution in [0.4, 0.5) is 0 Å². The van der Waals surface area contributed by atoms with Gasteiger partial charge in [-0.3, -0.25) is 9.88 Å². The Bertz CT molecular complexity index is 544. The molecule has 1 atom stereocenters. The predicted octanol–water partition coefficient (Wildman–Crippen LogP) is 2.45. The summed E-state index contributed by atoms with van der Waals surface area (Å²) >= 11 is 0. The van der Waals surface area contributed by atoms with Crippen LogP contribution >= 0.6 is 12.4 Å². The molecule has 0 bridgehead atoms. The van der Waals surface area contributed by atoms with Gasteiger partial charge in [0.1, 0.15) is 0 Å². The first-order valence-corrected chi connectivity index (χ1v) is 6.62. The summed E-state index contributed by atoms with van der Waals surface area (Å²) in [6.07, 6.45) is 0. The van der Waals surface area contributed by atoms with Gasteiger partial charge >= 0.3 is 0 Å². The summed E-state index contributed by atoms with van der Waals surface area (Å²) in [7, 11) is 0. The number of benzene rings is 1. The number of para-hydroxylation sites is 1. The largest absolute Gasteiger partial charge is 0.312 e. The monoisotopic (exact) mass is 277 g/mol. The number of piperazine rings is 1. The molecule has 19 heavy (non-hydrogen) atoms. The highest BCUT2D eigenvalue weighted by Gasteiger charge is 2.15. The lowest BCUT2D eigenvalue weighted by Crippen LogP contribution is -2.48. The van der Waals surface area contributed by atoms with Crippen molar-refractivity contribution in [1.82, 2.24) is 15.2 Å². The molecule has 1 N–H and O–H groups in total. The van der Waals surface area contributed by atoms with Gasteiger partial charge in [-0.15, -0.1) is 12.4 Å². The van der Waals surface area contributed by atoms with Gasteiger partial charge in [0.2, 0.25) is 0 Å². The third-order valence-corrected chi connectivity index (χ3v) is 3.49. The van der Waals surface area contributed by atoms with Crippen molar-refractivity contribution < 1.29 is 0 Å². The lowest BCUT2D eigenvalue weighted by Gasteiger charge is -2.31. The average Bonchev–Trinajstić information content (AvgIpc) is 2.39. The molecule has 0 radical (unpaired) electrons. The number of rotatable bonds is 2. The van der Waals surface area contributed by atoms with Crippen LogP contribution in [0.1, 0.15) is 12.6 Å². The Labute approximate surface area is 120 Å². The summed E-state index contributed by atoms with van der Waals surface area (Å²) in [5.74, 6) is 0. The molecule has 1 saturated heterocycles. The maximum atomic E-state index is 4.73. The fourth-order valence-corrected chi connectivity index (χ4v) is 2.58. The highest BCUT2D eigenvalue weighted by Crippen LogP contribution is 2.13. The molecule has 4 heteroatoms. The third kappa shape index (κ3) is 3.44. The molecule has 0 spiro atoms. The molecule has 3 rings (SSSR count). The standard InChI is InChI=1S/C15H19N3.ClH/c1-12-10-18(9-8-16-12)11-14-7-6-13-4-2-3-5-15(13)17-14;/h2-7,12,16H,8-11H2,1H3;1H/t12-;/m1./s1. The van der Waals surface area contributed by atoms with Crippen molar-refractivity contribution in [3.05, 3.63) is 42.1 Å². The zero-order chi connectivity index (χ0) is 12.4. The summed E-state index contributed by atoms with van der Waals surface area (Å²) in [5, 5.41) is 4.68. The van der Waals surface area contributed by atoms with Crippen molar-refractivity contribution in [2.24, 2.45) is 0 Å². The van der Waals surface area contributed by atoms with Gasteiger partial charge in [-0.1, -0.05) is 24.3 Å². The quantitative estimate of drug-likeness (QED) is 0.914. The molecule has 2 aromatic rings. The van der Waals surface area contributed by atoms with Crippen LogP contribution in [0.15, 0.2) is 36.4 Å². The van der Waals surface area contributed by atoms with Crippen LogP contribution in [0, 0.1) is 0 Å². The molecule has 1 aromatic heterocycles. The molecule has 0 amide bonds. The second kappa shape index (κ2) is 6.33. The number of nitrogens with one attached hydrogen (secondary N) is 1. The van der Waals surface area contributed by atoms with E-state index in [9.17, 15) is 0 Å². The van der Waals surface area contributed by atoms with Crippen molar-refractivity contribution in [3.8, 4) is 0 Å². The van der Waals surface area contributed by atoms with E-state index in [2.05, 4.69) is 47.5 Å². The van der Waals surface area contributed by atoms with Gasteiger partial charge < -0.3 is 5.32 Å². The maximum absolute atomic E-state index is 4.73. The van der Waals surface area contributed by atoms with E-state index >= 15 is 0 Å². The molecular weight excluding hydrogens is 258 g/mol. The van der Waals surface area contributed by atoms with Gasteiger partial charge in [0.25, 0.3) is 0 Å². The molecule has 0 unspecified atom stereocenters. The lowest BCUT2D eigenvalue weighted by atomic mass is 10.2. The highest BCUT2D eigenvalue weighted by molar-refractivity contribution is 5.85. The minimum absolute atomic E-state index is 0. The van der Waals surface area contributed by atoms with Gasteiger partial charge in [-0.2, -0.15) is 0 Å². The number of pyridine rings is 1. The zero-order valence-electron chi connectivity index (χ0n) is 11.2. The first-order chi connectivity index (χ1) is 8.81. The highest BCUT2D eigenvalue weighted by atomic mass is 35.5. The number of hydrogen-bond donors (Lipinski definition) is 1. The van der Waals surface area contributed by atoms with Crippen LogP contribution in [-0.4, -0.2) is 35.6 Å². The minimum Gasteiger partial charge on any atom is -0.312 e. The topological polar surface area (TPSA) is 28.2 Å². The van der Waals surface area contributed by atoms with Gasteiger partial charge in [-0.25, -0.2) is 0 Å². The second-order valence-electron chi connectivity index (χ2n) is 5.09. The smallest absolute Gasteiger partial charge is 0.0705 e. The summed E-state index contributed by atoms with van der Waals surface area (Å²) in [5.41, 5.74) is 2.26. The van der Waals surface area contributed by atoms with Gasteiger partial charge in [0.15, 0.2) is 0 Å². The van der Waals surface area contributed by atoms with E-state index in [1.54, 1.807) is 0 Å². The van der Waals surface area contributed by atoms with Crippen molar-refractivity contribution >= 4 is 23.3 Å². The van der Waals surface area contributed by atoms with Gasteiger partial charge in [-0.05, 0) is 19.1 Å². The number of aromatic nitrogens is 1. The van der Waals surface area contributed by atoms with Crippen molar-refractivity contribution in [3.63, 3.8) is 0 Å². The Morgan fingerprint density at radius 3 is 2.95 bits per heavy atom. The molecule has 1 fully saturated rings. The van der Waals surface area contributed by atoms with Gasteiger partial charge in [0, 0.05) is 37.6 Å². The van der Waals surface area contributed by atoms with E-state index < -0.39 is 0 Å². The van der Waals surface area contributed by atoms with Crippen LogP contribution in [0.2, 0.25) is 0 Å². The van der Waals surface area contributed by atoms with Crippen LogP contribution in [0.25, 0.3) is 10.9 Å². The van der Waals surface area contributed by atoms with Crippen molar-refractivity contribution in [2.45, 2.75) is 19.5 Å². The fourth-order valence-electron chi connectivity index (χ4n) is 2.58. The molecule has 0 aliphatic carbocycles. The number of nitrogens with zero attached hydrogens (tertiary/aromatic N) is 2. The maximum Gasteiger partial charge on any atom is 0.0705 e. The van der Waals surface area contributed by atoms with Crippen LogP contribution in [0.3, 0.4) is 0 Å². The molecule has 0 saturated carbocycles. The summed E-state index contributed by atoms with van der Waals surface area (Å²) in [4.78, 5) is 7.20. The number of fused-ring (bicyclic) bond motifs is 1. The lowest BCUT2D eigenvalue weighted by molar-refractivity contribution is 0.198. The summed E-state index contributed by atoms with van der Waals surface area (Å²) < 4.78 is 0. The number of halogens is 1. The van der Waals surface area contributed by atoms with Crippen LogP contribution < -0.4 is 5.32 Å². The zero-order valence-corrected chi connectivity index (χ0v) is 12.0. The second-order valence-corrected chi connectivity index (χ2v) is 5.09. The van der Waals surface area contributed by atoms with Crippen LogP contribution in [-0.2, 0) is 6.54 Å². The molecular formula is C15H20ClN3. The molecule has 2 heterocycles. The SMILES string of the molecule is C[C@@H]1CN(Cc2ccc3ccccc3n2)CCN1.Cl. The van der Waals surface area contributed by atoms with Crippen molar-refractivity contribution in [1.29, 1.82) is 0 Å². The Morgan fingerprint density at radius 1 is 1.26 bits per heavy atom. The predicted molar refractivity (Wildman–Crippen MR) is 81.7 cm³/mol. The normalized spacial score (nSPS) is 20.2. The minimum atomic E-state index is 0. The molecule has 1 aliphatic heterocycles. The fraction of sp³-hybridized carbons (Fsp3) is 0.400. The van der Waals surface area contributed by atoms with E-state index in [4.69, 9.17) is 4.98 Å². The van der Waals surface area contributed by atoms with Crippen molar-refractivity contribution in [2.75, 3.05) is 19.6 Å². The Hall–Kier alpha value is -1.16. The van der Waals surface area contributed by atoms with E-state index in [-0.39, 0.29) is 12.4 Å². The number of hydrogen-bond acceptors (Lipinski definition) is 3. The summed E-state index contributed by atoms with van der Waals surface area (Å²) in [6.45, 7) is 6.49. The van der Waals surface area contributed by atoms with Crippen LogP contribution in [0.5, 0.6) is 0 Å².